The van der Waals surface area contributed by atoms with Gasteiger partial charge in [0, 0.05) is 23.0 Å². The van der Waals surface area contributed by atoms with Crippen molar-refractivity contribution in [3.05, 3.63) is 258 Å². The SMILES string of the molecule is C(=Cc1ccc(N(c2ccccc2)c2ccc(/C=C/C=C(c3ccccc3)c3ccccc3)cc2)cc1)=CC(c1ccccc1)c1ccccc1. The molecule has 1 heteroatoms. The monoisotopic (exact) mass is 653 g/mol. The van der Waals surface area contributed by atoms with Crippen molar-refractivity contribution in [2.45, 2.75) is 5.92 Å². The molecule has 0 N–H and O–H groups in total. The predicted molar refractivity (Wildman–Crippen MR) is 217 cm³/mol. The third-order valence-corrected chi connectivity index (χ3v) is 8.87. The van der Waals surface area contributed by atoms with Gasteiger partial charge >= 0.3 is 0 Å². The maximum Gasteiger partial charge on any atom is 0.0462 e. The maximum absolute atomic E-state index is 3.49. The highest BCUT2D eigenvalue weighted by molar-refractivity contribution is 5.82. The van der Waals surface area contributed by atoms with E-state index in [0.29, 0.717) is 0 Å². The van der Waals surface area contributed by atoms with Crippen molar-refractivity contribution >= 4 is 34.8 Å². The average Bonchev–Trinajstić information content (AvgIpc) is 3.21. The van der Waals surface area contributed by atoms with E-state index in [0.717, 1.165) is 28.2 Å². The lowest BCUT2D eigenvalue weighted by atomic mass is 9.91. The lowest BCUT2D eigenvalue weighted by Gasteiger charge is -2.25. The molecule has 0 aliphatic carbocycles. The molecule has 0 aliphatic heterocycles. The molecule has 0 spiro atoms. The smallest absolute Gasteiger partial charge is 0.0462 e. The van der Waals surface area contributed by atoms with Crippen LogP contribution in [0.5, 0.6) is 0 Å². The van der Waals surface area contributed by atoms with Gasteiger partial charge in [-0.15, -0.1) is 5.73 Å². The van der Waals surface area contributed by atoms with Crippen LogP contribution < -0.4 is 4.90 Å². The van der Waals surface area contributed by atoms with Gasteiger partial charge in [0.15, 0.2) is 0 Å². The Morgan fingerprint density at radius 3 is 1.33 bits per heavy atom. The van der Waals surface area contributed by atoms with Gasteiger partial charge in [-0.25, -0.2) is 0 Å². The number of rotatable bonds is 11. The van der Waals surface area contributed by atoms with Crippen LogP contribution in [0.1, 0.15) is 39.3 Å². The zero-order valence-corrected chi connectivity index (χ0v) is 28.5. The Bertz CT molecular complexity index is 2150. The largest absolute Gasteiger partial charge is 0.311 e. The van der Waals surface area contributed by atoms with Gasteiger partial charge in [0.2, 0.25) is 0 Å². The van der Waals surface area contributed by atoms with Crippen LogP contribution in [-0.4, -0.2) is 0 Å². The molecule has 0 saturated carbocycles. The zero-order valence-electron chi connectivity index (χ0n) is 28.5. The fraction of sp³-hybridized carbons (Fsp3) is 0.0200. The molecule has 0 heterocycles. The van der Waals surface area contributed by atoms with Crippen LogP contribution in [0.25, 0.3) is 17.7 Å². The lowest BCUT2D eigenvalue weighted by molar-refractivity contribution is 1.03. The first-order valence-electron chi connectivity index (χ1n) is 17.4. The molecular weight excluding hydrogens is 615 g/mol. The predicted octanol–water partition coefficient (Wildman–Crippen LogP) is 13.3. The molecule has 1 nitrogen and oxygen atoms in total. The highest BCUT2D eigenvalue weighted by Crippen LogP contribution is 2.35. The van der Waals surface area contributed by atoms with Gasteiger partial charge < -0.3 is 4.90 Å². The lowest BCUT2D eigenvalue weighted by Crippen LogP contribution is -2.09. The van der Waals surface area contributed by atoms with Crippen LogP contribution in [0.4, 0.5) is 17.1 Å². The number of allylic oxidation sites excluding steroid dienone is 3. The molecule has 244 valence electrons. The molecule has 0 aliphatic rings. The highest BCUT2D eigenvalue weighted by Gasteiger charge is 2.12. The maximum atomic E-state index is 3.49. The molecule has 7 aromatic rings. The molecular formula is C50H39N. The first-order chi connectivity index (χ1) is 25.3. The van der Waals surface area contributed by atoms with E-state index in [2.05, 4.69) is 241 Å². The van der Waals surface area contributed by atoms with Crippen molar-refractivity contribution in [1.82, 2.24) is 0 Å². The van der Waals surface area contributed by atoms with Crippen molar-refractivity contribution in [3.8, 4) is 0 Å². The van der Waals surface area contributed by atoms with Gasteiger partial charge in [0.05, 0.1) is 0 Å². The minimum absolute atomic E-state index is 0.139. The normalized spacial score (nSPS) is 10.8. The molecule has 51 heavy (non-hydrogen) atoms. The molecule has 0 bridgehead atoms. The van der Waals surface area contributed by atoms with Gasteiger partial charge in [0.25, 0.3) is 0 Å². The third kappa shape index (κ3) is 8.50. The second-order valence-electron chi connectivity index (χ2n) is 12.3. The van der Waals surface area contributed by atoms with Crippen LogP contribution in [-0.2, 0) is 0 Å². The molecule has 0 unspecified atom stereocenters. The Morgan fingerprint density at radius 2 is 0.843 bits per heavy atom. The van der Waals surface area contributed by atoms with E-state index in [1.165, 1.54) is 27.8 Å². The number of hydrogen-bond acceptors (Lipinski definition) is 1. The van der Waals surface area contributed by atoms with Crippen molar-refractivity contribution in [1.29, 1.82) is 0 Å². The van der Waals surface area contributed by atoms with Crippen LogP contribution >= 0.6 is 0 Å². The number of benzene rings is 7. The molecule has 0 fully saturated rings. The first kappa shape index (κ1) is 32.9. The number of para-hydroxylation sites is 1. The van der Waals surface area contributed by atoms with E-state index in [4.69, 9.17) is 0 Å². The van der Waals surface area contributed by atoms with Crippen LogP contribution in [0.15, 0.2) is 224 Å². The van der Waals surface area contributed by atoms with Crippen molar-refractivity contribution in [3.63, 3.8) is 0 Å². The Labute approximate surface area is 302 Å². The summed E-state index contributed by atoms with van der Waals surface area (Å²) < 4.78 is 0. The van der Waals surface area contributed by atoms with Crippen LogP contribution in [0, 0.1) is 0 Å². The van der Waals surface area contributed by atoms with E-state index in [9.17, 15) is 0 Å². The summed E-state index contributed by atoms with van der Waals surface area (Å²) in [6.07, 6.45) is 10.7. The van der Waals surface area contributed by atoms with Crippen LogP contribution in [0.2, 0.25) is 0 Å². The molecule has 0 atom stereocenters. The van der Waals surface area contributed by atoms with Gasteiger partial charge in [0.1, 0.15) is 0 Å². The van der Waals surface area contributed by atoms with E-state index in [-0.39, 0.29) is 5.92 Å². The Hall–Kier alpha value is -6.66. The fourth-order valence-electron chi connectivity index (χ4n) is 6.27. The fourth-order valence-corrected chi connectivity index (χ4v) is 6.27. The highest BCUT2D eigenvalue weighted by atomic mass is 15.1. The number of anilines is 3. The van der Waals surface area contributed by atoms with Gasteiger partial charge in [-0.3, -0.25) is 0 Å². The molecule has 7 rings (SSSR count). The molecule has 0 saturated heterocycles. The average molecular weight is 654 g/mol. The van der Waals surface area contributed by atoms with Gasteiger partial charge in [-0.1, -0.05) is 182 Å². The van der Waals surface area contributed by atoms with Crippen molar-refractivity contribution < 1.29 is 0 Å². The summed E-state index contributed by atoms with van der Waals surface area (Å²) in [5.74, 6) is 0.139. The van der Waals surface area contributed by atoms with Crippen LogP contribution in [0.3, 0.4) is 0 Å². The topological polar surface area (TPSA) is 3.24 Å². The third-order valence-electron chi connectivity index (χ3n) is 8.87. The Balaban J connectivity index is 1.12. The standard InChI is InChI=1S/C50H39N/c1-6-20-42(21-7-1)49(43-22-8-2-9-23-43)30-16-18-40-32-36-47(37-33-40)51(46-28-14-5-15-29-46)48-38-34-41(35-39-48)19-17-31-50(44-24-10-3-11-25-44)45-26-12-4-13-27-45/h1-16,18-39,50H/b18-16+. The van der Waals surface area contributed by atoms with E-state index >= 15 is 0 Å². The summed E-state index contributed by atoms with van der Waals surface area (Å²) in [6.45, 7) is 0. The molecule has 0 aromatic heterocycles. The summed E-state index contributed by atoms with van der Waals surface area (Å²) in [6, 6.07) is 70.2. The van der Waals surface area contributed by atoms with Crippen molar-refractivity contribution in [2.75, 3.05) is 4.90 Å². The second kappa shape index (κ2) is 16.6. The second-order valence-corrected chi connectivity index (χ2v) is 12.3. The van der Waals surface area contributed by atoms with Crippen molar-refractivity contribution in [2.24, 2.45) is 0 Å². The Morgan fingerprint density at radius 1 is 0.431 bits per heavy atom. The minimum Gasteiger partial charge on any atom is -0.311 e. The quantitative estimate of drug-likeness (QED) is 0.0992. The Kier molecular flexibility index (Phi) is 10.7. The molecule has 7 aromatic carbocycles. The van der Waals surface area contributed by atoms with Gasteiger partial charge in [-0.2, -0.15) is 0 Å². The van der Waals surface area contributed by atoms with E-state index < -0.39 is 0 Å². The summed E-state index contributed by atoms with van der Waals surface area (Å²) in [5, 5.41) is 0. The summed E-state index contributed by atoms with van der Waals surface area (Å²) in [4.78, 5) is 2.29. The van der Waals surface area contributed by atoms with Gasteiger partial charge in [-0.05, 0) is 87.5 Å². The molecule has 0 radical (unpaired) electrons. The summed E-state index contributed by atoms with van der Waals surface area (Å²) >= 11 is 0. The number of nitrogens with zero attached hydrogens (tertiary/aromatic N) is 1. The minimum atomic E-state index is 0.139. The van der Waals surface area contributed by atoms with E-state index in [1.54, 1.807) is 0 Å². The summed E-state index contributed by atoms with van der Waals surface area (Å²) in [5.41, 5.74) is 15.1. The molecule has 0 amide bonds. The zero-order chi connectivity index (χ0) is 34.5. The summed E-state index contributed by atoms with van der Waals surface area (Å²) in [7, 11) is 0. The van der Waals surface area contributed by atoms with E-state index in [1.807, 2.05) is 0 Å². The first-order valence-corrected chi connectivity index (χ1v) is 17.4. The number of hydrogen-bond donors (Lipinski definition) is 0.